The third-order valence-corrected chi connectivity index (χ3v) is 11.9. The van der Waals surface area contributed by atoms with Gasteiger partial charge in [0.2, 0.25) is 30.0 Å². The average molecular weight is 815 g/mol. The van der Waals surface area contributed by atoms with Gasteiger partial charge in [0.25, 0.3) is 0 Å². The summed E-state index contributed by atoms with van der Waals surface area (Å²) in [5, 5.41) is 2.83. The molecule has 3 aromatic rings. The molecule has 56 heavy (non-hydrogen) atoms. The van der Waals surface area contributed by atoms with Gasteiger partial charge < -0.3 is 26.0 Å². The number of hydrogen-bond acceptors (Lipinski definition) is 8. The lowest BCUT2D eigenvalue weighted by molar-refractivity contribution is -0.145. The predicted molar refractivity (Wildman–Crippen MR) is 214 cm³/mol. The van der Waals surface area contributed by atoms with Crippen LogP contribution in [0.1, 0.15) is 101 Å². The number of amides is 5. The Kier molecular flexibility index (Phi) is 14.6. The van der Waals surface area contributed by atoms with Crippen LogP contribution < -0.4 is 27.2 Å². The second-order valence-corrected chi connectivity index (χ2v) is 15.5. The molecule has 5 N–H and O–H groups in total. The van der Waals surface area contributed by atoms with E-state index in [9.17, 15) is 28.8 Å². The van der Waals surface area contributed by atoms with Crippen LogP contribution in [0.25, 0.3) is 11.0 Å². The van der Waals surface area contributed by atoms with Gasteiger partial charge in [0.1, 0.15) is 24.6 Å². The van der Waals surface area contributed by atoms with Crippen LogP contribution in [0, 0.1) is 0 Å². The first-order valence-electron chi connectivity index (χ1n) is 19.5. The van der Waals surface area contributed by atoms with E-state index < -0.39 is 36.1 Å². The van der Waals surface area contributed by atoms with Gasteiger partial charge in [-0.15, -0.1) is 12.4 Å². The monoisotopic (exact) mass is 813 g/mol. The van der Waals surface area contributed by atoms with Gasteiger partial charge in [-0.2, -0.15) is 0 Å². The maximum Gasteiger partial charge on any atom is 0.329 e. The molecule has 0 aliphatic carbocycles. The molecule has 6 rings (SSSR count). The number of nitrogens with zero attached hydrogens (tertiary/aromatic N) is 4. The van der Waals surface area contributed by atoms with Crippen molar-refractivity contribution in [2.75, 3.05) is 6.61 Å². The Labute approximate surface area is 337 Å². The van der Waals surface area contributed by atoms with Gasteiger partial charge >= 0.3 is 5.69 Å². The molecule has 5 atom stereocenters. The molecule has 304 valence electrons. The number of aryl methyl sites for hydroxylation is 3. The fraction of sp³-hybridized carbons (Fsp3) is 0.550. The summed E-state index contributed by atoms with van der Waals surface area (Å²) in [5.74, 6) is -0.923. The third-order valence-electron chi connectivity index (χ3n) is 11.5. The molecule has 3 saturated heterocycles. The number of aromatic nitrogens is 2. The Hall–Kier alpha value is -4.40. The molecule has 14 nitrogen and oxygen atoms in total. The summed E-state index contributed by atoms with van der Waals surface area (Å²) in [7, 11) is 1.69. The number of halogens is 2. The number of fused-ring (bicyclic) bond motifs is 2. The van der Waals surface area contributed by atoms with Crippen molar-refractivity contribution in [2.45, 2.75) is 127 Å². The zero-order valence-corrected chi connectivity index (χ0v) is 33.4. The highest BCUT2D eigenvalue weighted by Crippen LogP contribution is 2.35. The smallest absolute Gasteiger partial charge is 0.329 e. The van der Waals surface area contributed by atoms with Gasteiger partial charge in [-0.3, -0.25) is 38.4 Å². The van der Waals surface area contributed by atoms with Crippen molar-refractivity contribution >= 4 is 65.1 Å². The highest BCUT2D eigenvalue weighted by molar-refractivity contribution is 6.32. The predicted octanol–water partition coefficient (Wildman–Crippen LogP) is 4.04. The summed E-state index contributed by atoms with van der Waals surface area (Å²) < 4.78 is 9.29. The van der Waals surface area contributed by atoms with Crippen molar-refractivity contribution in [1.82, 2.24) is 24.3 Å². The largest absolute Gasteiger partial charge is 0.490 e. The highest BCUT2D eigenvalue weighted by Gasteiger charge is 2.43. The summed E-state index contributed by atoms with van der Waals surface area (Å²) in [6, 6.07) is 9.66. The van der Waals surface area contributed by atoms with E-state index >= 15 is 0 Å². The Morgan fingerprint density at radius 2 is 1.79 bits per heavy atom. The van der Waals surface area contributed by atoms with E-state index in [1.807, 2.05) is 30.3 Å². The lowest BCUT2D eigenvalue weighted by Gasteiger charge is -2.41. The summed E-state index contributed by atoms with van der Waals surface area (Å²) in [6.45, 7) is 0.0668. The second-order valence-electron chi connectivity index (χ2n) is 15.2. The van der Waals surface area contributed by atoms with E-state index in [1.54, 1.807) is 27.5 Å². The molecule has 3 aliphatic rings. The minimum Gasteiger partial charge on any atom is -0.490 e. The Morgan fingerprint density at radius 1 is 1.02 bits per heavy atom. The van der Waals surface area contributed by atoms with Crippen LogP contribution in [0.15, 0.2) is 41.2 Å². The number of primary amides is 1. The third kappa shape index (κ3) is 9.41. The van der Waals surface area contributed by atoms with E-state index in [2.05, 4.69) is 5.32 Å². The topological polar surface area (TPSA) is 192 Å². The molecule has 0 spiro atoms. The number of hydrogen-bond donors (Lipinski definition) is 3. The van der Waals surface area contributed by atoms with Crippen LogP contribution in [0.3, 0.4) is 0 Å². The molecule has 3 fully saturated rings. The molecular weight excluding hydrogens is 761 g/mol. The fourth-order valence-electron chi connectivity index (χ4n) is 8.51. The molecule has 16 heteroatoms. The van der Waals surface area contributed by atoms with Gasteiger partial charge in [0.15, 0.2) is 0 Å². The zero-order valence-electron chi connectivity index (χ0n) is 31.8. The number of nitrogens with one attached hydrogen (secondary N) is 1. The molecule has 4 heterocycles. The number of piperidine rings is 1. The summed E-state index contributed by atoms with van der Waals surface area (Å²) in [5.41, 5.74) is 14.9. The van der Waals surface area contributed by atoms with Crippen molar-refractivity contribution in [3.63, 3.8) is 0 Å². The van der Waals surface area contributed by atoms with Crippen LogP contribution in [-0.4, -0.2) is 79.9 Å². The first-order valence-corrected chi connectivity index (χ1v) is 19.9. The molecule has 1 aromatic heterocycles. The molecule has 5 amide bonds. The van der Waals surface area contributed by atoms with Gasteiger partial charge in [0.05, 0.1) is 28.1 Å². The fourth-order valence-corrected chi connectivity index (χ4v) is 8.79. The molecular formula is C40H53Cl2N7O7. The van der Waals surface area contributed by atoms with E-state index in [0.717, 1.165) is 80.8 Å². The molecule has 0 saturated carbocycles. The van der Waals surface area contributed by atoms with Crippen LogP contribution in [0.4, 0.5) is 0 Å². The molecule has 0 radical (unpaired) electrons. The van der Waals surface area contributed by atoms with Crippen LogP contribution in [0.5, 0.6) is 5.75 Å². The SMILES string of the molecule is Cl.Cn1c(=O)n(C2CCC(=O)NC2=O)c2ccc(CCCCCc3cccc(OC[C@H](CCC(N)=O)N(C=O)[C@@H]4CC[C@@H]5CCCC[C@H](N)C(=O)N54)c3Cl)cc21. The van der Waals surface area contributed by atoms with Crippen molar-refractivity contribution in [3.05, 3.63) is 63.0 Å². The summed E-state index contributed by atoms with van der Waals surface area (Å²) >= 11 is 6.87. The first-order chi connectivity index (χ1) is 26.5. The lowest BCUT2D eigenvalue weighted by Crippen LogP contribution is -2.58. The van der Waals surface area contributed by atoms with Crippen molar-refractivity contribution in [1.29, 1.82) is 0 Å². The Balaban J connectivity index is 0.00000600. The van der Waals surface area contributed by atoms with Crippen molar-refractivity contribution in [3.8, 4) is 5.75 Å². The maximum atomic E-state index is 13.4. The van der Waals surface area contributed by atoms with E-state index in [1.165, 1.54) is 4.57 Å². The molecule has 0 bridgehead atoms. The summed E-state index contributed by atoms with van der Waals surface area (Å²) in [4.78, 5) is 78.6. The van der Waals surface area contributed by atoms with E-state index in [4.69, 9.17) is 27.8 Å². The number of rotatable bonds is 16. The van der Waals surface area contributed by atoms with Gasteiger partial charge in [-0.25, -0.2) is 4.79 Å². The normalized spacial score (nSPS) is 21.8. The number of nitrogens with two attached hydrogens (primary N) is 2. The number of carbonyl (C=O) groups excluding carboxylic acids is 5. The molecule has 2 aromatic carbocycles. The number of carbonyl (C=O) groups is 5. The number of ether oxygens (including phenoxy) is 1. The minimum absolute atomic E-state index is 0. The number of imide groups is 1. The minimum atomic E-state index is -0.717. The number of unbranched alkanes of at least 4 members (excludes halogenated alkanes) is 2. The number of benzene rings is 2. The van der Waals surface area contributed by atoms with Crippen LogP contribution in [-0.2, 0) is 43.9 Å². The van der Waals surface area contributed by atoms with Gasteiger partial charge in [-0.1, -0.05) is 49.1 Å². The highest BCUT2D eigenvalue weighted by atomic mass is 35.5. The quantitative estimate of drug-likeness (QED) is 0.110. The maximum absolute atomic E-state index is 13.4. The Morgan fingerprint density at radius 3 is 2.54 bits per heavy atom. The zero-order chi connectivity index (χ0) is 39.2. The first kappa shape index (κ1) is 42.7. The van der Waals surface area contributed by atoms with Crippen LogP contribution in [0.2, 0.25) is 5.02 Å². The number of imidazole rings is 1. The van der Waals surface area contributed by atoms with Gasteiger partial charge in [-0.05, 0) is 93.5 Å². The van der Waals surface area contributed by atoms with Crippen LogP contribution >= 0.6 is 24.0 Å². The standard InChI is InChI=1S/C40H52ClN7O7.ClH/c1-45-32-22-25(14-17-30(32)48(40(45)54)31-18-20-35(51)44-38(31)52)8-3-2-4-9-26-10-7-13-33(37(26)41)55-23-28(15-19-34(43)50)46(24-49)36-21-16-27-11-5-6-12-29(42)39(53)47(27)36;/h7,10,13-14,17,22,24,27-29,31,36H,2-6,8-9,11-12,15-16,18-21,23,42H2,1H3,(H2,43,50)(H,44,51,52);1H/t27-,28-,29-,31?,36-;/m0./s1. The average Bonchev–Trinajstić information content (AvgIpc) is 3.68. The van der Waals surface area contributed by atoms with E-state index in [0.29, 0.717) is 35.6 Å². The Bertz CT molecular complexity index is 1980. The molecule has 1 unspecified atom stereocenters. The summed E-state index contributed by atoms with van der Waals surface area (Å²) in [6.07, 6.45) is 10.1. The van der Waals surface area contributed by atoms with Crippen molar-refractivity contribution in [2.24, 2.45) is 18.5 Å². The van der Waals surface area contributed by atoms with Gasteiger partial charge in [0, 0.05) is 25.9 Å². The van der Waals surface area contributed by atoms with Crippen molar-refractivity contribution < 1.29 is 28.7 Å². The molecule has 3 aliphatic heterocycles. The van der Waals surface area contributed by atoms with E-state index in [-0.39, 0.29) is 61.8 Å². The lowest BCUT2D eigenvalue weighted by atomic mass is 9.99. The second kappa shape index (κ2) is 19.2.